The smallest absolute Gasteiger partial charge is 0.214 e. The molecule has 4 aromatic rings. The molecule has 0 fully saturated rings. The van der Waals surface area contributed by atoms with Crippen molar-refractivity contribution < 1.29 is 19.8 Å². The fourth-order valence-electron chi connectivity index (χ4n) is 4.33. The van der Waals surface area contributed by atoms with Crippen LogP contribution in [-0.4, -0.2) is 33.2 Å². The Morgan fingerprint density at radius 3 is 1.31 bits per heavy atom. The average molecular weight is 418 g/mol. The second kappa shape index (κ2) is 6.46. The van der Waals surface area contributed by atoms with Crippen LogP contribution in [0, 0.1) is 0 Å². The minimum atomic E-state index is -0.393. The van der Waals surface area contributed by atoms with Crippen molar-refractivity contribution >= 4 is 45.1 Å². The molecule has 0 unspecified atom stereocenters. The summed E-state index contributed by atoms with van der Waals surface area (Å²) in [6.45, 7) is 0. The number of nitrogens with zero attached hydrogens (tertiary/aromatic N) is 2. The van der Waals surface area contributed by atoms with Crippen molar-refractivity contribution in [2.45, 2.75) is 0 Å². The van der Waals surface area contributed by atoms with Crippen LogP contribution in [0.1, 0.15) is 31.8 Å². The van der Waals surface area contributed by atoms with Crippen LogP contribution in [0.2, 0.25) is 0 Å². The summed E-state index contributed by atoms with van der Waals surface area (Å²) >= 11 is 0. The van der Waals surface area contributed by atoms with Crippen molar-refractivity contribution in [2.24, 2.45) is 9.98 Å². The molecule has 2 aliphatic rings. The number of hydrogen-bond donors (Lipinski definition) is 2. The largest absolute Gasteiger partial charge is 0.507 e. The molecule has 0 aliphatic carbocycles. The molecule has 0 saturated heterocycles. The highest BCUT2D eigenvalue weighted by molar-refractivity contribution is 6.61. The third kappa shape index (κ3) is 2.34. The lowest BCUT2D eigenvalue weighted by Gasteiger charge is -2.16. The zero-order chi connectivity index (χ0) is 22.0. The Bertz CT molecular complexity index is 1460. The summed E-state index contributed by atoms with van der Waals surface area (Å²) in [5, 5.41) is 23.2. The van der Waals surface area contributed by atoms with Gasteiger partial charge in [-0.25, -0.2) is 9.98 Å². The number of para-hydroxylation sites is 2. The van der Waals surface area contributed by atoms with E-state index in [1.165, 1.54) is 0 Å². The molecule has 4 aromatic carbocycles. The maximum absolute atomic E-state index is 13.2. The van der Waals surface area contributed by atoms with E-state index < -0.39 is 11.6 Å². The van der Waals surface area contributed by atoms with Crippen LogP contribution < -0.4 is 0 Å². The van der Waals surface area contributed by atoms with E-state index >= 15 is 0 Å². The zero-order valence-electron chi connectivity index (χ0n) is 16.5. The van der Waals surface area contributed by atoms with Crippen molar-refractivity contribution in [1.82, 2.24) is 0 Å². The lowest BCUT2D eigenvalue weighted by Crippen LogP contribution is -2.20. The van der Waals surface area contributed by atoms with Crippen LogP contribution in [0.4, 0.5) is 11.4 Å². The second-order valence-corrected chi connectivity index (χ2v) is 7.61. The maximum atomic E-state index is 13.2. The number of Topliss-reactive ketones (excluding diaryl/α,β-unsaturated/α-hetero) is 2. The van der Waals surface area contributed by atoms with Gasteiger partial charge in [-0.1, -0.05) is 48.5 Å². The number of aliphatic imine (C=N–C) groups is 2. The second-order valence-electron chi connectivity index (χ2n) is 7.61. The predicted molar refractivity (Wildman–Crippen MR) is 121 cm³/mol. The van der Waals surface area contributed by atoms with Crippen LogP contribution in [0.15, 0.2) is 82.8 Å². The fourth-order valence-corrected chi connectivity index (χ4v) is 4.33. The lowest BCUT2D eigenvalue weighted by atomic mass is 9.88. The first-order valence-corrected chi connectivity index (χ1v) is 9.98. The number of rotatable bonds is 2. The van der Waals surface area contributed by atoms with E-state index in [1.54, 1.807) is 72.8 Å². The van der Waals surface area contributed by atoms with Gasteiger partial charge < -0.3 is 10.2 Å². The van der Waals surface area contributed by atoms with E-state index in [9.17, 15) is 19.8 Å². The number of benzene rings is 4. The Morgan fingerprint density at radius 1 is 0.531 bits per heavy atom. The molecule has 6 rings (SSSR count). The van der Waals surface area contributed by atoms with Gasteiger partial charge in [-0.2, -0.15) is 0 Å². The zero-order valence-corrected chi connectivity index (χ0v) is 16.5. The van der Waals surface area contributed by atoms with Crippen molar-refractivity contribution in [2.75, 3.05) is 0 Å². The predicted octanol–water partition coefficient (Wildman–Crippen LogP) is 4.89. The van der Waals surface area contributed by atoms with E-state index in [0.717, 1.165) is 0 Å². The number of fused-ring (bicyclic) bond motifs is 3. The molecule has 6 heteroatoms. The highest BCUT2D eigenvalue weighted by Crippen LogP contribution is 2.44. The molecule has 2 N–H and O–H groups in total. The molecule has 0 radical (unpaired) electrons. The first kappa shape index (κ1) is 18.2. The SMILES string of the molecule is O=C1C(c2c(C3=Nc4ccccc4C3=O)c(O)c3ccccc3c2O)=Nc2ccccc21. The number of carbonyl (C=O) groups is 2. The molecule has 0 atom stereocenters. The Labute approximate surface area is 181 Å². The highest BCUT2D eigenvalue weighted by Gasteiger charge is 2.37. The molecule has 0 spiro atoms. The Balaban J connectivity index is 1.69. The molecule has 6 nitrogen and oxygen atoms in total. The Kier molecular flexibility index (Phi) is 3.67. The number of hydrogen-bond acceptors (Lipinski definition) is 6. The van der Waals surface area contributed by atoms with Crippen LogP contribution in [0.5, 0.6) is 11.5 Å². The number of phenolic OH excluding ortho intramolecular Hbond substituents is 2. The van der Waals surface area contributed by atoms with Gasteiger partial charge in [0.15, 0.2) is 0 Å². The van der Waals surface area contributed by atoms with Crippen molar-refractivity contribution in [3.63, 3.8) is 0 Å². The van der Waals surface area contributed by atoms with Crippen LogP contribution >= 0.6 is 0 Å². The van der Waals surface area contributed by atoms with Gasteiger partial charge >= 0.3 is 0 Å². The van der Waals surface area contributed by atoms with Gasteiger partial charge in [0.05, 0.1) is 22.5 Å². The summed E-state index contributed by atoms with van der Waals surface area (Å²) in [5.74, 6) is -1.26. The fraction of sp³-hybridized carbons (Fsp3) is 0. The van der Waals surface area contributed by atoms with E-state index in [1.807, 2.05) is 0 Å². The van der Waals surface area contributed by atoms with Gasteiger partial charge in [-0.05, 0) is 24.3 Å². The van der Waals surface area contributed by atoms with Gasteiger partial charge in [0.2, 0.25) is 11.6 Å². The number of phenols is 2. The molecule has 32 heavy (non-hydrogen) atoms. The van der Waals surface area contributed by atoms with Crippen molar-refractivity contribution in [3.8, 4) is 11.5 Å². The van der Waals surface area contributed by atoms with E-state index in [0.29, 0.717) is 33.3 Å². The summed E-state index contributed by atoms with van der Waals surface area (Å²) in [6.07, 6.45) is 0. The third-order valence-corrected chi connectivity index (χ3v) is 5.83. The molecule has 0 bridgehead atoms. The lowest BCUT2D eigenvalue weighted by molar-refractivity contribution is 0.106. The molecule has 0 aromatic heterocycles. The van der Waals surface area contributed by atoms with Gasteiger partial charge in [0, 0.05) is 21.9 Å². The number of aromatic hydroxyl groups is 2. The van der Waals surface area contributed by atoms with Crippen molar-refractivity contribution in [3.05, 3.63) is 95.1 Å². The minimum Gasteiger partial charge on any atom is -0.507 e. The van der Waals surface area contributed by atoms with E-state index in [2.05, 4.69) is 9.98 Å². The normalized spacial score (nSPS) is 14.4. The molecule has 0 amide bonds. The monoisotopic (exact) mass is 418 g/mol. The molecular formula is C26H14N2O4. The Hall–Kier alpha value is -4.58. The maximum Gasteiger partial charge on any atom is 0.214 e. The number of carbonyl (C=O) groups excluding carboxylic acids is 2. The summed E-state index contributed by atoms with van der Waals surface area (Å²) < 4.78 is 0. The topological polar surface area (TPSA) is 99.3 Å². The quantitative estimate of drug-likeness (QED) is 0.453. The first-order chi connectivity index (χ1) is 15.6. The number of ketones is 2. The molecule has 0 saturated carbocycles. The van der Waals surface area contributed by atoms with Crippen LogP contribution in [0.3, 0.4) is 0 Å². The standard InChI is InChI=1S/C26H14N2O4/c29-23-13-7-1-2-8-14(13)24(30)20(22-26(32)16-10-4-6-12-18(16)28-22)19(23)21-25(31)15-9-3-5-11-17(15)27-21/h1-12,29-30H. The van der Waals surface area contributed by atoms with Gasteiger partial charge in [0.25, 0.3) is 0 Å². The highest BCUT2D eigenvalue weighted by atomic mass is 16.3. The summed E-state index contributed by atoms with van der Waals surface area (Å²) in [4.78, 5) is 35.3. The molecular weight excluding hydrogens is 404 g/mol. The molecule has 152 valence electrons. The van der Waals surface area contributed by atoms with Crippen LogP contribution in [0.25, 0.3) is 10.8 Å². The van der Waals surface area contributed by atoms with Gasteiger partial charge in [-0.3, -0.25) is 9.59 Å². The minimum absolute atomic E-state index is 0.00214. The summed E-state index contributed by atoms with van der Waals surface area (Å²) in [6, 6.07) is 20.4. The first-order valence-electron chi connectivity index (χ1n) is 9.98. The van der Waals surface area contributed by atoms with E-state index in [4.69, 9.17) is 0 Å². The van der Waals surface area contributed by atoms with E-state index in [-0.39, 0.29) is 34.0 Å². The van der Waals surface area contributed by atoms with Crippen molar-refractivity contribution in [1.29, 1.82) is 0 Å². The Morgan fingerprint density at radius 2 is 0.906 bits per heavy atom. The molecule has 2 heterocycles. The van der Waals surface area contributed by atoms with Gasteiger partial charge in [0.1, 0.15) is 22.9 Å². The summed E-state index contributed by atoms with van der Waals surface area (Å²) in [7, 11) is 0. The van der Waals surface area contributed by atoms with Gasteiger partial charge in [-0.15, -0.1) is 0 Å². The summed E-state index contributed by atoms with van der Waals surface area (Å²) in [5.41, 5.74) is 1.65. The average Bonchev–Trinajstić information content (AvgIpc) is 3.33. The van der Waals surface area contributed by atoms with Crippen LogP contribution in [-0.2, 0) is 0 Å². The molecule has 2 aliphatic heterocycles. The third-order valence-electron chi connectivity index (χ3n) is 5.83.